The van der Waals surface area contributed by atoms with Gasteiger partial charge in [0, 0.05) is 38.8 Å². The number of nitrogens with zero attached hydrogens (tertiary/aromatic N) is 4. The molecule has 1 aromatic rings. The highest BCUT2D eigenvalue weighted by molar-refractivity contribution is 5.48. The lowest BCUT2D eigenvalue weighted by Gasteiger charge is -2.35. The average Bonchev–Trinajstić information content (AvgIpc) is 2.47. The maximum atomic E-state index is 9.29. The van der Waals surface area contributed by atoms with Gasteiger partial charge in [0.2, 0.25) is 0 Å². The predicted molar refractivity (Wildman–Crippen MR) is 81.1 cm³/mol. The van der Waals surface area contributed by atoms with Crippen LogP contribution in [0.3, 0.4) is 0 Å². The molecule has 2 rings (SSSR count). The highest BCUT2D eigenvalue weighted by atomic mass is 16.3. The van der Waals surface area contributed by atoms with E-state index in [1.807, 2.05) is 6.07 Å². The van der Waals surface area contributed by atoms with Gasteiger partial charge in [-0.05, 0) is 19.9 Å². The fourth-order valence-corrected chi connectivity index (χ4v) is 2.39. The van der Waals surface area contributed by atoms with Gasteiger partial charge >= 0.3 is 0 Å². The second kappa shape index (κ2) is 7.40. The molecule has 1 saturated heterocycles. The Balaban J connectivity index is 1.91. The lowest BCUT2D eigenvalue weighted by Crippen LogP contribution is -2.46. The van der Waals surface area contributed by atoms with Crippen molar-refractivity contribution >= 4 is 11.6 Å². The lowest BCUT2D eigenvalue weighted by molar-refractivity contribution is 0.208. The summed E-state index contributed by atoms with van der Waals surface area (Å²) in [6, 6.07) is 1.96. The van der Waals surface area contributed by atoms with Gasteiger partial charge in [-0.25, -0.2) is 9.97 Å². The van der Waals surface area contributed by atoms with Crippen molar-refractivity contribution in [2.75, 3.05) is 49.5 Å². The third-order valence-electron chi connectivity index (χ3n) is 3.47. The van der Waals surface area contributed by atoms with E-state index in [0.717, 1.165) is 37.8 Å². The van der Waals surface area contributed by atoms with Gasteiger partial charge in [-0.1, -0.05) is 6.92 Å². The highest BCUT2D eigenvalue weighted by Gasteiger charge is 2.17. The van der Waals surface area contributed by atoms with Gasteiger partial charge in [-0.2, -0.15) is 0 Å². The number of hydrogen-bond acceptors (Lipinski definition) is 6. The first kappa shape index (κ1) is 15.0. The molecule has 0 aromatic carbocycles. The van der Waals surface area contributed by atoms with E-state index in [4.69, 9.17) is 0 Å². The second-order valence-corrected chi connectivity index (χ2v) is 5.32. The molecule has 1 aliphatic heterocycles. The number of anilines is 2. The van der Waals surface area contributed by atoms with E-state index in [1.54, 1.807) is 13.3 Å². The van der Waals surface area contributed by atoms with E-state index >= 15 is 0 Å². The summed E-state index contributed by atoms with van der Waals surface area (Å²) in [5, 5.41) is 12.4. The Labute approximate surface area is 120 Å². The first-order valence-corrected chi connectivity index (χ1v) is 7.40. The Kier molecular flexibility index (Phi) is 5.55. The first-order valence-electron chi connectivity index (χ1n) is 7.40. The second-order valence-electron chi connectivity index (χ2n) is 5.32. The maximum Gasteiger partial charge on any atom is 0.134 e. The van der Waals surface area contributed by atoms with Crippen LogP contribution in [0.1, 0.15) is 20.3 Å². The molecule has 1 unspecified atom stereocenters. The van der Waals surface area contributed by atoms with Crippen LogP contribution in [0.5, 0.6) is 0 Å². The zero-order valence-electron chi connectivity index (χ0n) is 12.4. The third kappa shape index (κ3) is 4.31. The highest BCUT2D eigenvalue weighted by Crippen LogP contribution is 2.16. The average molecular weight is 279 g/mol. The standard InChI is InChI=1S/C14H25N5O/c1-3-4-18-5-7-19(8-6-18)14-9-13(16-11-17-14)15-10-12(2)20/h9,11-12,20H,3-8,10H2,1-2H3,(H,15,16,17). The molecule has 0 radical (unpaired) electrons. The molecule has 6 heteroatoms. The quantitative estimate of drug-likeness (QED) is 0.803. The van der Waals surface area contributed by atoms with Gasteiger partial charge in [0.15, 0.2) is 0 Å². The minimum Gasteiger partial charge on any atom is -0.392 e. The molecule has 0 amide bonds. The van der Waals surface area contributed by atoms with Gasteiger partial charge in [-0.3, -0.25) is 4.90 Å². The summed E-state index contributed by atoms with van der Waals surface area (Å²) in [4.78, 5) is 13.3. The largest absolute Gasteiger partial charge is 0.392 e. The van der Waals surface area contributed by atoms with Crippen LogP contribution in [-0.4, -0.2) is 65.3 Å². The number of aromatic nitrogens is 2. The van der Waals surface area contributed by atoms with E-state index in [2.05, 4.69) is 32.0 Å². The number of hydrogen-bond donors (Lipinski definition) is 2. The van der Waals surface area contributed by atoms with Crippen molar-refractivity contribution in [3.8, 4) is 0 Å². The fraction of sp³-hybridized carbons (Fsp3) is 0.714. The normalized spacial score (nSPS) is 18.1. The molecule has 1 atom stereocenters. The summed E-state index contributed by atoms with van der Waals surface area (Å²) in [6.07, 6.45) is 2.41. The topological polar surface area (TPSA) is 64.5 Å². The molecular weight excluding hydrogens is 254 g/mol. The van der Waals surface area contributed by atoms with Crippen LogP contribution in [0.15, 0.2) is 12.4 Å². The van der Waals surface area contributed by atoms with Crippen LogP contribution in [0.25, 0.3) is 0 Å². The van der Waals surface area contributed by atoms with Gasteiger partial charge in [-0.15, -0.1) is 0 Å². The number of aliphatic hydroxyl groups excluding tert-OH is 1. The van der Waals surface area contributed by atoms with E-state index in [-0.39, 0.29) is 6.10 Å². The molecule has 0 saturated carbocycles. The Morgan fingerprint density at radius 2 is 2.05 bits per heavy atom. The summed E-state index contributed by atoms with van der Waals surface area (Å²) in [5.74, 6) is 1.73. The Morgan fingerprint density at radius 3 is 2.70 bits per heavy atom. The third-order valence-corrected chi connectivity index (χ3v) is 3.47. The van der Waals surface area contributed by atoms with Gasteiger partial charge < -0.3 is 15.3 Å². The first-order chi connectivity index (χ1) is 9.69. The Hall–Kier alpha value is -1.40. The number of rotatable bonds is 6. The van der Waals surface area contributed by atoms with Crippen molar-refractivity contribution in [1.29, 1.82) is 0 Å². The van der Waals surface area contributed by atoms with Crippen molar-refractivity contribution in [3.05, 3.63) is 12.4 Å². The smallest absolute Gasteiger partial charge is 0.134 e. The van der Waals surface area contributed by atoms with Crippen LogP contribution in [0.4, 0.5) is 11.6 Å². The molecule has 1 fully saturated rings. The molecule has 1 aromatic heterocycles. The molecule has 1 aliphatic rings. The van der Waals surface area contributed by atoms with E-state index in [1.165, 1.54) is 13.0 Å². The summed E-state index contributed by atoms with van der Waals surface area (Å²) in [7, 11) is 0. The molecule has 0 spiro atoms. The number of aliphatic hydroxyl groups is 1. The fourth-order valence-electron chi connectivity index (χ4n) is 2.39. The van der Waals surface area contributed by atoms with Crippen molar-refractivity contribution in [2.24, 2.45) is 0 Å². The van der Waals surface area contributed by atoms with E-state index < -0.39 is 0 Å². The van der Waals surface area contributed by atoms with E-state index in [9.17, 15) is 5.11 Å². The van der Waals surface area contributed by atoms with Crippen LogP contribution < -0.4 is 10.2 Å². The van der Waals surface area contributed by atoms with Crippen molar-refractivity contribution in [2.45, 2.75) is 26.4 Å². The summed E-state index contributed by atoms with van der Waals surface area (Å²) >= 11 is 0. The minimum atomic E-state index is -0.383. The van der Waals surface area contributed by atoms with Crippen LogP contribution in [0, 0.1) is 0 Å². The molecule has 0 bridgehead atoms. The number of piperazine rings is 1. The molecule has 2 heterocycles. The van der Waals surface area contributed by atoms with Crippen molar-refractivity contribution < 1.29 is 5.11 Å². The van der Waals surface area contributed by atoms with Gasteiger partial charge in [0.05, 0.1) is 6.10 Å². The zero-order chi connectivity index (χ0) is 14.4. The maximum absolute atomic E-state index is 9.29. The summed E-state index contributed by atoms with van der Waals surface area (Å²) in [5.41, 5.74) is 0. The lowest BCUT2D eigenvalue weighted by atomic mass is 10.3. The van der Waals surface area contributed by atoms with Crippen LogP contribution in [-0.2, 0) is 0 Å². The summed E-state index contributed by atoms with van der Waals surface area (Å²) in [6.45, 7) is 9.85. The molecule has 0 aliphatic carbocycles. The van der Waals surface area contributed by atoms with Crippen molar-refractivity contribution in [1.82, 2.24) is 14.9 Å². The zero-order valence-corrected chi connectivity index (χ0v) is 12.4. The Morgan fingerprint density at radius 1 is 1.30 bits per heavy atom. The van der Waals surface area contributed by atoms with Crippen molar-refractivity contribution in [3.63, 3.8) is 0 Å². The summed E-state index contributed by atoms with van der Waals surface area (Å²) < 4.78 is 0. The van der Waals surface area contributed by atoms with Crippen LogP contribution >= 0.6 is 0 Å². The number of nitrogens with one attached hydrogen (secondary N) is 1. The molecular formula is C14H25N5O. The van der Waals surface area contributed by atoms with Crippen LogP contribution in [0.2, 0.25) is 0 Å². The predicted octanol–water partition coefficient (Wildman–Crippen LogP) is 0.801. The monoisotopic (exact) mass is 279 g/mol. The Bertz CT molecular complexity index is 404. The van der Waals surface area contributed by atoms with E-state index in [0.29, 0.717) is 6.54 Å². The van der Waals surface area contributed by atoms with Gasteiger partial charge in [0.25, 0.3) is 0 Å². The minimum absolute atomic E-state index is 0.383. The molecule has 6 nitrogen and oxygen atoms in total. The van der Waals surface area contributed by atoms with Gasteiger partial charge in [0.1, 0.15) is 18.0 Å². The molecule has 20 heavy (non-hydrogen) atoms. The molecule has 112 valence electrons. The SMILES string of the molecule is CCCN1CCN(c2cc(NCC(C)O)ncn2)CC1. The molecule has 2 N–H and O–H groups in total.